The zero-order valence-electron chi connectivity index (χ0n) is 13.9. The van der Waals surface area contributed by atoms with Crippen molar-refractivity contribution in [2.75, 3.05) is 23.9 Å². The third-order valence-corrected chi connectivity index (χ3v) is 6.01. The third-order valence-electron chi connectivity index (χ3n) is 4.26. The summed E-state index contributed by atoms with van der Waals surface area (Å²) in [7, 11) is -1.41. The second-order valence-corrected chi connectivity index (χ2v) is 8.31. The second-order valence-electron chi connectivity index (χ2n) is 6.08. The maximum Gasteiger partial charge on any atom is 0.272 e. The van der Waals surface area contributed by atoms with Crippen molar-refractivity contribution < 1.29 is 13.2 Å². The summed E-state index contributed by atoms with van der Waals surface area (Å²) in [5.74, 6) is -0.120. The highest BCUT2D eigenvalue weighted by Gasteiger charge is 2.33. The van der Waals surface area contributed by atoms with E-state index in [9.17, 15) is 13.2 Å². The Morgan fingerprint density at radius 2 is 2.12 bits per heavy atom. The Morgan fingerprint density at radius 1 is 1.28 bits per heavy atom. The van der Waals surface area contributed by atoms with Crippen LogP contribution in [0.2, 0.25) is 0 Å². The highest BCUT2D eigenvalue weighted by Crippen LogP contribution is 2.19. The lowest BCUT2D eigenvalue weighted by atomic mass is 10.2. The van der Waals surface area contributed by atoms with Gasteiger partial charge in [0.25, 0.3) is 5.91 Å². The van der Waals surface area contributed by atoms with Crippen LogP contribution in [-0.2, 0) is 16.4 Å². The first-order valence-corrected chi connectivity index (χ1v) is 9.84. The van der Waals surface area contributed by atoms with Crippen molar-refractivity contribution in [2.45, 2.75) is 19.0 Å². The number of pyridine rings is 2. The van der Waals surface area contributed by atoms with E-state index < -0.39 is 9.84 Å². The van der Waals surface area contributed by atoms with Gasteiger partial charge in [-0.25, -0.2) is 8.42 Å². The van der Waals surface area contributed by atoms with Crippen molar-refractivity contribution in [1.82, 2.24) is 14.9 Å². The first-order chi connectivity index (χ1) is 11.9. The summed E-state index contributed by atoms with van der Waals surface area (Å²) >= 11 is 0. The van der Waals surface area contributed by atoms with E-state index in [1.54, 1.807) is 31.6 Å². The number of nitrogens with zero attached hydrogens (tertiary/aromatic N) is 3. The lowest BCUT2D eigenvalue weighted by Gasteiger charge is -2.23. The Kier molecular flexibility index (Phi) is 4.98. The summed E-state index contributed by atoms with van der Waals surface area (Å²) in [6.07, 6.45) is 3.76. The van der Waals surface area contributed by atoms with Crippen LogP contribution in [0.15, 0.2) is 42.7 Å². The van der Waals surface area contributed by atoms with Crippen LogP contribution in [0.1, 0.15) is 22.6 Å². The minimum Gasteiger partial charge on any atom is -0.379 e. The summed E-state index contributed by atoms with van der Waals surface area (Å²) in [6, 6.07) is 8.84. The van der Waals surface area contributed by atoms with Gasteiger partial charge in [-0.05, 0) is 30.7 Å². The standard InChI is InChI=1S/C17H20N4O3S/c1-21(15-6-9-25(23,24)12-15)17(22)16-10-13(5-8-19-16)20-11-14-4-2-3-7-18-14/h2-5,7-8,10,15H,6,9,11-12H2,1H3,(H,19,20). The van der Waals surface area contributed by atoms with Gasteiger partial charge in [-0.2, -0.15) is 0 Å². The zero-order valence-corrected chi connectivity index (χ0v) is 14.7. The average Bonchev–Trinajstić information content (AvgIpc) is 3.00. The van der Waals surface area contributed by atoms with Gasteiger partial charge in [-0.3, -0.25) is 14.8 Å². The molecule has 0 aromatic carbocycles. The lowest BCUT2D eigenvalue weighted by molar-refractivity contribution is 0.0742. The summed E-state index contributed by atoms with van der Waals surface area (Å²) in [4.78, 5) is 22.4. The predicted molar refractivity (Wildman–Crippen MR) is 95.0 cm³/mol. The fraction of sp³-hybridized carbons (Fsp3) is 0.353. The van der Waals surface area contributed by atoms with Crippen molar-refractivity contribution >= 4 is 21.4 Å². The van der Waals surface area contributed by atoms with Crippen molar-refractivity contribution in [1.29, 1.82) is 0 Å². The van der Waals surface area contributed by atoms with Gasteiger partial charge in [0, 0.05) is 31.2 Å². The molecule has 0 radical (unpaired) electrons. The highest BCUT2D eigenvalue weighted by molar-refractivity contribution is 7.91. The van der Waals surface area contributed by atoms with Gasteiger partial charge >= 0.3 is 0 Å². The van der Waals surface area contributed by atoms with Crippen molar-refractivity contribution in [3.63, 3.8) is 0 Å². The molecule has 3 rings (SSSR count). The number of rotatable bonds is 5. The van der Waals surface area contributed by atoms with Gasteiger partial charge in [-0.1, -0.05) is 6.07 Å². The molecule has 3 heterocycles. The molecule has 1 atom stereocenters. The molecule has 1 N–H and O–H groups in total. The molecule has 0 bridgehead atoms. The minimum atomic E-state index is -3.04. The number of hydrogen-bond donors (Lipinski definition) is 1. The van der Waals surface area contributed by atoms with E-state index in [1.807, 2.05) is 18.2 Å². The van der Waals surface area contributed by atoms with Crippen molar-refractivity contribution in [3.8, 4) is 0 Å². The van der Waals surface area contributed by atoms with Gasteiger partial charge in [-0.15, -0.1) is 0 Å². The van der Waals surface area contributed by atoms with Crippen molar-refractivity contribution in [3.05, 3.63) is 54.1 Å². The Hall–Kier alpha value is -2.48. The Bertz CT molecular complexity index is 855. The number of hydrogen-bond acceptors (Lipinski definition) is 6. The Balaban J connectivity index is 1.67. The van der Waals surface area contributed by atoms with Crippen LogP contribution in [-0.4, -0.2) is 53.8 Å². The number of carbonyl (C=O) groups is 1. The number of carbonyl (C=O) groups excluding carboxylic acids is 1. The molecule has 1 fully saturated rings. The van der Waals surface area contributed by atoms with E-state index >= 15 is 0 Å². The van der Waals surface area contributed by atoms with E-state index in [0.717, 1.165) is 11.4 Å². The quantitative estimate of drug-likeness (QED) is 0.865. The molecule has 1 saturated heterocycles. The molecule has 25 heavy (non-hydrogen) atoms. The largest absolute Gasteiger partial charge is 0.379 e. The van der Waals surface area contributed by atoms with Crippen LogP contribution in [0.4, 0.5) is 5.69 Å². The SMILES string of the molecule is CN(C(=O)c1cc(NCc2ccccn2)ccn1)C1CCS(=O)(=O)C1. The van der Waals surface area contributed by atoms with E-state index in [-0.39, 0.29) is 29.1 Å². The molecule has 1 amide bonds. The van der Waals surface area contributed by atoms with Crippen LogP contribution in [0.3, 0.4) is 0 Å². The fourth-order valence-corrected chi connectivity index (χ4v) is 4.55. The van der Waals surface area contributed by atoms with E-state index in [4.69, 9.17) is 0 Å². The Morgan fingerprint density at radius 3 is 2.80 bits per heavy atom. The summed E-state index contributed by atoms with van der Waals surface area (Å²) in [6.45, 7) is 0.537. The number of nitrogens with one attached hydrogen (secondary N) is 1. The maximum atomic E-state index is 12.6. The molecule has 0 spiro atoms. The fourth-order valence-electron chi connectivity index (χ4n) is 2.78. The van der Waals surface area contributed by atoms with Crippen molar-refractivity contribution in [2.24, 2.45) is 0 Å². The molecular weight excluding hydrogens is 340 g/mol. The van der Waals surface area contributed by atoms with E-state index in [0.29, 0.717) is 13.0 Å². The summed E-state index contributed by atoms with van der Waals surface area (Å²) < 4.78 is 23.2. The van der Waals surface area contributed by atoms with Crippen LogP contribution in [0.25, 0.3) is 0 Å². The van der Waals surface area contributed by atoms with Gasteiger partial charge in [0.2, 0.25) is 0 Å². The first kappa shape index (κ1) is 17.3. The Labute approximate surface area is 147 Å². The molecule has 1 unspecified atom stereocenters. The van der Waals surface area contributed by atoms with Crippen LogP contribution < -0.4 is 5.32 Å². The van der Waals surface area contributed by atoms with Gasteiger partial charge in [0.1, 0.15) is 5.69 Å². The second kappa shape index (κ2) is 7.18. The molecule has 2 aromatic heterocycles. The molecule has 0 saturated carbocycles. The monoisotopic (exact) mass is 360 g/mol. The van der Waals surface area contributed by atoms with E-state index in [2.05, 4.69) is 15.3 Å². The molecule has 0 aliphatic carbocycles. The smallest absolute Gasteiger partial charge is 0.272 e. The molecule has 2 aromatic rings. The lowest BCUT2D eigenvalue weighted by Crippen LogP contribution is -2.38. The number of anilines is 1. The summed E-state index contributed by atoms with van der Waals surface area (Å²) in [5.41, 5.74) is 1.94. The van der Waals surface area contributed by atoms with E-state index in [1.165, 1.54) is 4.90 Å². The number of sulfone groups is 1. The normalized spacial score (nSPS) is 18.7. The van der Waals surface area contributed by atoms with Crippen LogP contribution in [0.5, 0.6) is 0 Å². The minimum absolute atomic E-state index is 0.0207. The molecule has 8 heteroatoms. The summed E-state index contributed by atoms with van der Waals surface area (Å²) in [5, 5.41) is 3.21. The average molecular weight is 360 g/mol. The predicted octanol–water partition coefficient (Wildman–Crippen LogP) is 1.35. The molecule has 1 aliphatic rings. The topological polar surface area (TPSA) is 92.3 Å². The van der Waals surface area contributed by atoms with Crippen LogP contribution in [0, 0.1) is 0 Å². The maximum absolute atomic E-state index is 12.6. The van der Waals surface area contributed by atoms with Crippen LogP contribution >= 0.6 is 0 Å². The zero-order chi connectivity index (χ0) is 17.9. The molecule has 132 valence electrons. The molecule has 7 nitrogen and oxygen atoms in total. The number of amides is 1. The third kappa shape index (κ3) is 4.33. The number of aromatic nitrogens is 2. The molecule has 1 aliphatic heterocycles. The van der Waals surface area contributed by atoms with Gasteiger partial charge in [0.15, 0.2) is 9.84 Å². The van der Waals surface area contributed by atoms with Gasteiger partial charge < -0.3 is 10.2 Å². The first-order valence-electron chi connectivity index (χ1n) is 8.02. The highest BCUT2D eigenvalue weighted by atomic mass is 32.2. The van der Waals surface area contributed by atoms with Gasteiger partial charge in [0.05, 0.1) is 23.7 Å². The molecular formula is C17H20N4O3S.